The summed E-state index contributed by atoms with van der Waals surface area (Å²) in [5.41, 5.74) is 8.28. The number of anilines is 3. The molecule has 4 fully saturated rings. The van der Waals surface area contributed by atoms with Crippen molar-refractivity contribution in [2.24, 2.45) is 17.3 Å². The molecule has 1 spiro atoms. The Hall–Kier alpha value is -4.52. The number of nitrogens with one attached hydrogen (secondary N) is 1. The van der Waals surface area contributed by atoms with Gasteiger partial charge in [-0.25, -0.2) is 24.3 Å². The van der Waals surface area contributed by atoms with E-state index in [1.54, 1.807) is 24.8 Å². The molecule has 0 amide bonds. The third kappa shape index (κ3) is 5.92. The summed E-state index contributed by atoms with van der Waals surface area (Å²) >= 11 is 0. The molecule has 13 heteroatoms. The van der Waals surface area contributed by atoms with E-state index in [2.05, 4.69) is 64.1 Å². The van der Waals surface area contributed by atoms with E-state index in [9.17, 15) is 4.39 Å². The Balaban J connectivity index is 0.940. The maximum atomic E-state index is 14.6. The van der Waals surface area contributed by atoms with Gasteiger partial charge in [0, 0.05) is 73.1 Å². The lowest BCUT2D eigenvalue weighted by Crippen LogP contribution is -2.65. The van der Waals surface area contributed by atoms with E-state index in [1.807, 2.05) is 6.07 Å². The van der Waals surface area contributed by atoms with E-state index >= 15 is 0 Å². The van der Waals surface area contributed by atoms with Crippen LogP contribution in [0, 0.1) is 23.1 Å². The summed E-state index contributed by atoms with van der Waals surface area (Å²) in [6.45, 7) is 8.56. The van der Waals surface area contributed by atoms with Crippen LogP contribution in [0.25, 0.3) is 11.1 Å². The van der Waals surface area contributed by atoms with Crippen LogP contribution in [-0.2, 0) is 0 Å². The largest absolute Gasteiger partial charge is 0.434 e. The van der Waals surface area contributed by atoms with Crippen molar-refractivity contribution < 1.29 is 9.13 Å². The molecule has 4 aromatic rings. The molecule has 47 heavy (non-hydrogen) atoms. The highest BCUT2D eigenvalue weighted by Gasteiger charge is 2.53. The number of rotatable bonds is 10. The first-order valence-electron chi connectivity index (χ1n) is 16.6. The third-order valence-electron chi connectivity index (χ3n) is 10.3. The molecule has 5 heterocycles. The van der Waals surface area contributed by atoms with Gasteiger partial charge in [0.1, 0.15) is 30.0 Å². The van der Waals surface area contributed by atoms with E-state index < -0.39 is 0 Å². The normalized spacial score (nSPS) is 22.6. The van der Waals surface area contributed by atoms with E-state index in [0.29, 0.717) is 58.8 Å². The van der Waals surface area contributed by atoms with E-state index in [4.69, 9.17) is 10.5 Å². The number of nitrogens with zero attached hydrogens (tertiary/aromatic N) is 9. The summed E-state index contributed by atoms with van der Waals surface area (Å²) in [5, 5.41) is 11.9. The first-order valence-corrected chi connectivity index (χ1v) is 16.6. The maximum absolute atomic E-state index is 14.6. The third-order valence-corrected chi connectivity index (χ3v) is 10.3. The van der Waals surface area contributed by atoms with Gasteiger partial charge >= 0.3 is 0 Å². The SMILES string of the molecule is CC(C)[C@H](C1CC(Nc2ccnc(N)n2)C1)N1CC2(CCN(c3ncnnc3Oc3ccc(F)cc3-c3cncnc3C3CC3)C2)C1. The van der Waals surface area contributed by atoms with Gasteiger partial charge in [0.05, 0.1) is 5.69 Å². The highest BCUT2D eigenvalue weighted by Crippen LogP contribution is 2.48. The molecule has 2 aliphatic carbocycles. The first kappa shape index (κ1) is 29.9. The van der Waals surface area contributed by atoms with Gasteiger partial charge in [0.2, 0.25) is 5.95 Å². The molecule has 12 nitrogen and oxygen atoms in total. The van der Waals surface area contributed by atoms with E-state index in [1.165, 1.54) is 18.5 Å². The Labute approximate surface area is 273 Å². The van der Waals surface area contributed by atoms with Crippen LogP contribution in [0.5, 0.6) is 11.6 Å². The van der Waals surface area contributed by atoms with Crippen LogP contribution in [-0.4, -0.2) is 78.3 Å². The Morgan fingerprint density at radius 2 is 1.89 bits per heavy atom. The molecule has 1 atom stereocenters. The molecule has 2 saturated carbocycles. The Kier molecular flexibility index (Phi) is 7.58. The van der Waals surface area contributed by atoms with Gasteiger partial charge in [0.25, 0.3) is 5.88 Å². The average molecular weight is 638 g/mol. The van der Waals surface area contributed by atoms with Crippen LogP contribution >= 0.6 is 0 Å². The average Bonchev–Trinajstić information content (AvgIpc) is 3.78. The fourth-order valence-corrected chi connectivity index (χ4v) is 8.06. The molecule has 3 aromatic heterocycles. The number of aromatic nitrogens is 7. The first-order chi connectivity index (χ1) is 22.8. The van der Waals surface area contributed by atoms with Crippen molar-refractivity contribution in [3.63, 3.8) is 0 Å². The van der Waals surface area contributed by atoms with Crippen LogP contribution in [0.4, 0.5) is 22.0 Å². The lowest BCUT2D eigenvalue weighted by atomic mass is 9.68. The summed E-state index contributed by atoms with van der Waals surface area (Å²) in [6, 6.07) is 7.34. The molecular formula is C34H40FN11O. The summed E-state index contributed by atoms with van der Waals surface area (Å²) in [5.74, 6) is 3.78. The van der Waals surface area contributed by atoms with Crippen LogP contribution in [0.3, 0.4) is 0 Å². The minimum absolute atomic E-state index is 0.205. The number of ether oxygens (including phenoxy) is 1. The number of hydrogen-bond acceptors (Lipinski definition) is 12. The van der Waals surface area contributed by atoms with Gasteiger partial charge < -0.3 is 20.7 Å². The zero-order chi connectivity index (χ0) is 32.1. The molecule has 4 aliphatic rings. The number of likely N-dealkylation sites (tertiary alicyclic amines) is 1. The summed E-state index contributed by atoms with van der Waals surface area (Å²) in [6.07, 6.45) is 11.9. The van der Waals surface area contributed by atoms with Gasteiger partial charge in [-0.3, -0.25) is 4.90 Å². The molecule has 1 aromatic carbocycles. The zero-order valence-electron chi connectivity index (χ0n) is 26.8. The number of nitrogens with two attached hydrogens (primary N) is 1. The number of halogens is 1. The molecule has 244 valence electrons. The second-order valence-electron chi connectivity index (χ2n) is 14.1. The number of hydrogen-bond donors (Lipinski definition) is 2. The Bertz CT molecular complexity index is 1760. The molecule has 0 unspecified atom stereocenters. The Morgan fingerprint density at radius 3 is 2.68 bits per heavy atom. The van der Waals surface area contributed by atoms with Crippen LogP contribution in [0.2, 0.25) is 0 Å². The van der Waals surface area contributed by atoms with Gasteiger partial charge in [0.15, 0.2) is 5.82 Å². The Morgan fingerprint density at radius 1 is 1.04 bits per heavy atom. The van der Waals surface area contributed by atoms with Crippen LogP contribution < -0.4 is 20.7 Å². The summed E-state index contributed by atoms with van der Waals surface area (Å²) in [4.78, 5) is 26.7. The predicted molar refractivity (Wildman–Crippen MR) is 175 cm³/mol. The maximum Gasteiger partial charge on any atom is 0.282 e. The number of nitrogen functional groups attached to an aromatic ring is 1. The molecule has 0 radical (unpaired) electrons. The lowest BCUT2D eigenvalue weighted by Gasteiger charge is -2.57. The van der Waals surface area contributed by atoms with Crippen molar-refractivity contribution >= 4 is 17.6 Å². The fourth-order valence-electron chi connectivity index (χ4n) is 8.06. The highest BCUT2D eigenvalue weighted by atomic mass is 19.1. The molecule has 2 aliphatic heterocycles. The van der Waals surface area contributed by atoms with Crippen molar-refractivity contribution in [1.82, 2.24) is 40.0 Å². The predicted octanol–water partition coefficient (Wildman–Crippen LogP) is 4.94. The van der Waals surface area contributed by atoms with Crippen LogP contribution in [0.15, 0.2) is 49.3 Å². The smallest absolute Gasteiger partial charge is 0.282 e. The van der Waals surface area contributed by atoms with Crippen LogP contribution in [0.1, 0.15) is 57.6 Å². The summed E-state index contributed by atoms with van der Waals surface area (Å²) in [7, 11) is 0. The van der Waals surface area contributed by atoms with E-state index in [-0.39, 0.29) is 11.2 Å². The second kappa shape index (κ2) is 11.9. The zero-order valence-corrected chi connectivity index (χ0v) is 26.8. The minimum atomic E-state index is -0.351. The van der Waals surface area contributed by atoms with Gasteiger partial charge in [-0.15, -0.1) is 10.2 Å². The molecule has 0 bridgehead atoms. The topological polar surface area (TPSA) is 144 Å². The van der Waals surface area contributed by atoms with Gasteiger partial charge in [-0.05, 0) is 68.2 Å². The monoisotopic (exact) mass is 637 g/mol. The van der Waals surface area contributed by atoms with Gasteiger partial charge in [-0.2, -0.15) is 4.98 Å². The second-order valence-corrected chi connectivity index (χ2v) is 14.1. The molecule has 2 saturated heterocycles. The molecular weight excluding hydrogens is 597 g/mol. The molecule has 3 N–H and O–H groups in total. The van der Waals surface area contributed by atoms with E-state index in [0.717, 1.165) is 75.4 Å². The summed E-state index contributed by atoms with van der Waals surface area (Å²) < 4.78 is 21.0. The standard InChI is InChI=1S/C34H40FN11O/c1-20(2)30(22-11-24(12-22)42-28-7-9-38-33(36)43-28)46-16-34(17-46)8-10-45(15-34)31-32(44-41-19-40-31)47-27-6-5-23(35)13-25(27)26-14-37-18-39-29(26)21-3-4-21/h5-7,9,13-14,18-22,24,30H,3-4,8,10-12,15-17H2,1-2H3,(H3,36,38,42,43)/t22?,24?,30-/m1/s1. The van der Waals surface area contributed by atoms with Crippen molar-refractivity contribution in [2.45, 2.75) is 64.0 Å². The minimum Gasteiger partial charge on any atom is -0.434 e. The highest BCUT2D eigenvalue weighted by molar-refractivity contribution is 5.73. The number of benzene rings is 1. The van der Waals surface area contributed by atoms with Gasteiger partial charge in [-0.1, -0.05) is 13.8 Å². The van der Waals surface area contributed by atoms with Crippen molar-refractivity contribution in [3.8, 4) is 22.8 Å². The van der Waals surface area contributed by atoms with Crippen molar-refractivity contribution in [3.05, 3.63) is 60.8 Å². The van der Waals surface area contributed by atoms with Crippen molar-refractivity contribution in [1.29, 1.82) is 0 Å². The lowest BCUT2D eigenvalue weighted by molar-refractivity contribution is -0.0656. The fraction of sp³-hybridized carbons (Fsp3) is 0.500. The quantitative estimate of drug-likeness (QED) is 0.243. The van der Waals surface area contributed by atoms with Crippen molar-refractivity contribution in [2.75, 3.05) is 42.1 Å². The molecule has 8 rings (SSSR count).